The molecule has 0 radical (unpaired) electrons. The van der Waals surface area contributed by atoms with Gasteiger partial charge in [0.15, 0.2) is 0 Å². The van der Waals surface area contributed by atoms with E-state index in [9.17, 15) is 19.1 Å². The van der Waals surface area contributed by atoms with Crippen molar-refractivity contribution in [3.8, 4) is 0 Å². The fourth-order valence-corrected chi connectivity index (χ4v) is 3.48. The third-order valence-corrected chi connectivity index (χ3v) is 4.85. The minimum absolute atomic E-state index is 0.0453. The summed E-state index contributed by atoms with van der Waals surface area (Å²) in [4.78, 5) is 25.6. The highest BCUT2D eigenvalue weighted by Gasteiger charge is 2.25. The molecule has 7 nitrogen and oxygen atoms in total. The maximum Gasteiger partial charge on any atom is 0.341 e. The third kappa shape index (κ3) is 3.24. The molecule has 1 aliphatic rings. The Kier molecular flexibility index (Phi) is 5.13. The second-order valence-corrected chi connectivity index (χ2v) is 6.50. The molecule has 1 aliphatic heterocycles. The van der Waals surface area contributed by atoms with Crippen LogP contribution in [-0.2, 0) is 0 Å². The number of fused-ring (bicyclic) bond motifs is 1. The molecular formula is C18H23FN4O3. The summed E-state index contributed by atoms with van der Waals surface area (Å²) in [5.74, 6) is -1.40. The molecule has 1 saturated heterocycles. The largest absolute Gasteiger partial charge is 0.477 e. The van der Waals surface area contributed by atoms with Crippen molar-refractivity contribution in [1.29, 1.82) is 0 Å². The van der Waals surface area contributed by atoms with Crippen LogP contribution in [0, 0.1) is 11.7 Å². The van der Waals surface area contributed by atoms with Crippen molar-refractivity contribution in [3.63, 3.8) is 0 Å². The number of carboxylic acid groups (broad SMARTS) is 1. The van der Waals surface area contributed by atoms with Crippen LogP contribution in [0.3, 0.4) is 0 Å². The summed E-state index contributed by atoms with van der Waals surface area (Å²) in [6.07, 6.45) is 2.20. The van der Waals surface area contributed by atoms with Crippen LogP contribution >= 0.6 is 0 Å². The molecule has 1 aromatic carbocycles. The summed E-state index contributed by atoms with van der Waals surface area (Å²) in [7, 11) is 1.61. The molecular weight excluding hydrogens is 339 g/mol. The first-order valence-electron chi connectivity index (χ1n) is 8.71. The predicted octanol–water partition coefficient (Wildman–Crippen LogP) is 1.45. The van der Waals surface area contributed by atoms with Gasteiger partial charge >= 0.3 is 5.97 Å². The number of benzene rings is 1. The molecule has 1 unspecified atom stereocenters. The molecule has 0 amide bonds. The van der Waals surface area contributed by atoms with Crippen LogP contribution in [0.15, 0.2) is 23.1 Å². The first-order chi connectivity index (χ1) is 12.5. The first-order valence-corrected chi connectivity index (χ1v) is 8.71. The van der Waals surface area contributed by atoms with Gasteiger partial charge in [-0.25, -0.2) is 9.18 Å². The minimum Gasteiger partial charge on any atom is -0.477 e. The lowest BCUT2D eigenvalue weighted by Gasteiger charge is -2.21. The molecule has 3 N–H and O–H groups in total. The Bertz CT molecular complexity index is 896. The van der Waals surface area contributed by atoms with Gasteiger partial charge < -0.3 is 20.7 Å². The predicted molar refractivity (Wildman–Crippen MR) is 99.3 cm³/mol. The quantitative estimate of drug-likeness (QED) is 0.721. The number of pyridine rings is 1. The Morgan fingerprint density at radius 3 is 2.85 bits per heavy atom. The molecule has 0 bridgehead atoms. The molecule has 2 aromatic rings. The topological polar surface area (TPSA) is 86.6 Å². The van der Waals surface area contributed by atoms with Gasteiger partial charge in [0.05, 0.1) is 16.6 Å². The number of carbonyl (C=O) groups is 1. The standard InChI is InChI=1S/C18H23FN4O3/c1-3-21-8-11-4-5-22(9-11)16-7-15-12(6-14(16)19)17(24)13(18(25)26)10-23(15)20-2/h6-7,10-11,20-21H,3-5,8-9H2,1-2H3,(H,25,26). The van der Waals surface area contributed by atoms with Crippen LogP contribution < -0.4 is 21.1 Å². The highest BCUT2D eigenvalue weighted by atomic mass is 19.1. The molecule has 1 fully saturated rings. The van der Waals surface area contributed by atoms with Gasteiger partial charge in [0, 0.05) is 26.3 Å². The van der Waals surface area contributed by atoms with Crippen molar-refractivity contribution in [1.82, 2.24) is 9.99 Å². The molecule has 0 saturated carbocycles. The van der Waals surface area contributed by atoms with E-state index < -0.39 is 22.8 Å². The number of aromatic carboxylic acids is 1. The normalized spacial score (nSPS) is 17.0. The first kappa shape index (κ1) is 18.2. The summed E-state index contributed by atoms with van der Waals surface area (Å²) >= 11 is 0. The van der Waals surface area contributed by atoms with Crippen molar-refractivity contribution in [2.24, 2.45) is 5.92 Å². The summed E-state index contributed by atoms with van der Waals surface area (Å²) in [5, 5.41) is 12.6. The van der Waals surface area contributed by atoms with Gasteiger partial charge in [-0.1, -0.05) is 6.92 Å². The summed E-state index contributed by atoms with van der Waals surface area (Å²) in [5.41, 5.74) is 2.63. The molecule has 1 atom stereocenters. The van der Waals surface area contributed by atoms with E-state index in [2.05, 4.69) is 17.7 Å². The Balaban J connectivity index is 2.04. The number of halogens is 1. The Morgan fingerprint density at radius 1 is 1.42 bits per heavy atom. The van der Waals surface area contributed by atoms with E-state index in [1.165, 1.54) is 10.9 Å². The minimum atomic E-state index is -1.34. The van der Waals surface area contributed by atoms with E-state index in [4.69, 9.17) is 0 Å². The SMILES string of the molecule is CCNCC1CCN(c2cc3c(cc2F)c(=O)c(C(=O)O)cn3NC)C1. The lowest BCUT2D eigenvalue weighted by molar-refractivity contribution is 0.0695. The smallest absolute Gasteiger partial charge is 0.341 e. The van der Waals surface area contributed by atoms with Crippen molar-refractivity contribution < 1.29 is 14.3 Å². The second kappa shape index (κ2) is 7.33. The molecule has 2 heterocycles. The molecule has 1 aromatic heterocycles. The average molecular weight is 362 g/mol. The fraction of sp³-hybridized carbons (Fsp3) is 0.444. The van der Waals surface area contributed by atoms with Crippen LogP contribution in [0.5, 0.6) is 0 Å². The van der Waals surface area contributed by atoms with Gasteiger partial charge in [0.25, 0.3) is 0 Å². The van der Waals surface area contributed by atoms with Crippen LogP contribution in [-0.4, -0.2) is 49.0 Å². The summed E-state index contributed by atoms with van der Waals surface area (Å²) < 4.78 is 16.2. The zero-order chi connectivity index (χ0) is 18.8. The zero-order valence-corrected chi connectivity index (χ0v) is 14.9. The number of anilines is 1. The molecule has 0 spiro atoms. The number of rotatable bonds is 6. The maximum absolute atomic E-state index is 14.7. The van der Waals surface area contributed by atoms with E-state index >= 15 is 0 Å². The lowest BCUT2D eigenvalue weighted by atomic mass is 10.1. The monoisotopic (exact) mass is 362 g/mol. The highest BCUT2D eigenvalue weighted by molar-refractivity contribution is 5.93. The van der Waals surface area contributed by atoms with Crippen molar-refractivity contribution in [2.45, 2.75) is 13.3 Å². The second-order valence-electron chi connectivity index (χ2n) is 6.50. The number of aromatic nitrogens is 1. The number of nitrogens with zero attached hydrogens (tertiary/aromatic N) is 2. The van der Waals surface area contributed by atoms with Gasteiger partial charge in [-0.2, -0.15) is 0 Å². The highest BCUT2D eigenvalue weighted by Crippen LogP contribution is 2.29. The Labute approximate surface area is 150 Å². The molecule has 26 heavy (non-hydrogen) atoms. The molecule has 0 aliphatic carbocycles. The van der Waals surface area contributed by atoms with E-state index in [1.807, 2.05) is 4.90 Å². The summed E-state index contributed by atoms with van der Waals surface area (Å²) in [6.45, 7) is 5.34. The lowest BCUT2D eigenvalue weighted by Crippen LogP contribution is -2.27. The van der Waals surface area contributed by atoms with Gasteiger partial charge in [-0.15, -0.1) is 0 Å². The van der Waals surface area contributed by atoms with Crippen LogP contribution in [0.2, 0.25) is 0 Å². The van der Waals surface area contributed by atoms with Gasteiger partial charge in [0.1, 0.15) is 11.4 Å². The summed E-state index contributed by atoms with van der Waals surface area (Å²) in [6, 6.07) is 2.76. The third-order valence-electron chi connectivity index (χ3n) is 4.85. The van der Waals surface area contributed by atoms with E-state index in [0.29, 0.717) is 17.1 Å². The Hall–Kier alpha value is -2.61. The number of hydrogen-bond donors (Lipinski definition) is 3. The zero-order valence-electron chi connectivity index (χ0n) is 14.9. The van der Waals surface area contributed by atoms with E-state index in [1.54, 1.807) is 13.1 Å². The molecule has 3 rings (SSSR count). The van der Waals surface area contributed by atoms with E-state index in [-0.39, 0.29) is 5.39 Å². The average Bonchev–Trinajstić information content (AvgIpc) is 3.08. The van der Waals surface area contributed by atoms with Crippen molar-refractivity contribution in [3.05, 3.63) is 39.9 Å². The van der Waals surface area contributed by atoms with Crippen LogP contribution in [0.1, 0.15) is 23.7 Å². The van der Waals surface area contributed by atoms with Crippen molar-refractivity contribution >= 4 is 22.6 Å². The number of carboxylic acids is 1. The number of nitrogens with one attached hydrogen (secondary N) is 2. The van der Waals surface area contributed by atoms with Crippen molar-refractivity contribution in [2.75, 3.05) is 43.6 Å². The van der Waals surface area contributed by atoms with Gasteiger partial charge in [-0.3, -0.25) is 9.47 Å². The Morgan fingerprint density at radius 2 is 2.19 bits per heavy atom. The van der Waals surface area contributed by atoms with E-state index in [0.717, 1.165) is 38.7 Å². The van der Waals surface area contributed by atoms with Crippen LogP contribution in [0.4, 0.5) is 10.1 Å². The fourth-order valence-electron chi connectivity index (χ4n) is 3.48. The number of hydrogen-bond acceptors (Lipinski definition) is 5. The van der Waals surface area contributed by atoms with Gasteiger partial charge in [0.2, 0.25) is 5.43 Å². The maximum atomic E-state index is 14.7. The van der Waals surface area contributed by atoms with Crippen LogP contribution in [0.25, 0.3) is 10.9 Å². The molecule has 140 valence electrons. The molecule has 8 heteroatoms. The van der Waals surface area contributed by atoms with Gasteiger partial charge in [-0.05, 0) is 37.6 Å².